The highest BCUT2D eigenvalue weighted by molar-refractivity contribution is 5.47. The van der Waals surface area contributed by atoms with E-state index in [1.165, 1.54) is 25.7 Å². The van der Waals surface area contributed by atoms with Gasteiger partial charge in [-0.15, -0.1) is 0 Å². The molecule has 0 aliphatic heterocycles. The van der Waals surface area contributed by atoms with E-state index in [2.05, 4.69) is 12.1 Å². The maximum absolute atomic E-state index is 13.2. The zero-order chi connectivity index (χ0) is 19.1. The first-order valence-electron chi connectivity index (χ1n) is 11.2. The summed E-state index contributed by atoms with van der Waals surface area (Å²) in [6.45, 7) is 0. The van der Waals surface area contributed by atoms with Crippen LogP contribution < -0.4 is 5.63 Å². The summed E-state index contributed by atoms with van der Waals surface area (Å²) in [7, 11) is 0. The Morgan fingerprint density at radius 1 is 1.00 bits per heavy atom. The van der Waals surface area contributed by atoms with Gasteiger partial charge in [0, 0.05) is 17.4 Å². The molecule has 3 heteroatoms. The van der Waals surface area contributed by atoms with Crippen molar-refractivity contribution in [3.05, 3.63) is 63.2 Å². The summed E-state index contributed by atoms with van der Waals surface area (Å²) in [6.07, 6.45) is 11.3. The molecule has 1 aromatic carbocycles. The zero-order valence-corrected chi connectivity index (χ0v) is 16.5. The van der Waals surface area contributed by atoms with Crippen LogP contribution in [0.5, 0.6) is 5.75 Å². The lowest BCUT2D eigenvalue weighted by Crippen LogP contribution is -2.20. The molecule has 3 aliphatic carbocycles. The van der Waals surface area contributed by atoms with Gasteiger partial charge in [-0.1, -0.05) is 56.0 Å². The predicted molar refractivity (Wildman–Crippen MR) is 110 cm³/mol. The van der Waals surface area contributed by atoms with Crippen LogP contribution in [-0.4, -0.2) is 5.11 Å². The largest absolute Gasteiger partial charge is 0.507 e. The third-order valence-electron chi connectivity index (χ3n) is 6.99. The van der Waals surface area contributed by atoms with Gasteiger partial charge in [0.15, 0.2) is 0 Å². The molecule has 2 fully saturated rings. The van der Waals surface area contributed by atoms with Crippen molar-refractivity contribution in [1.29, 1.82) is 0 Å². The second-order valence-electron chi connectivity index (χ2n) is 9.20. The molecule has 0 spiro atoms. The first kappa shape index (κ1) is 18.0. The van der Waals surface area contributed by atoms with Crippen molar-refractivity contribution in [1.82, 2.24) is 0 Å². The summed E-state index contributed by atoms with van der Waals surface area (Å²) >= 11 is 0. The van der Waals surface area contributed by atoms with Gasteiger partial charge in [-0.05, 0) is 55.9 Å². The molecule has 0 radical (unpaired) electrons. The lowest BCUT2D eigenvalue weighted by Gasteiger charge is -2.25. The molecule has 2 unspecified atom stereocenters. The fourth-order valence-corrected chi connectivity index (χ4v) is 5.18. The highest BCUT2D eigenvalue weighted by Gasteiger charge is 2.39. The Balaban J connectivity index is 1.61. The van der Waals surface area contributed by atoms with Gasteiger partial charge >= 0.3 is 5.63 Å². The minimum Gasteiger partial charge on any atom is -0.507 e. The van der Waals surface area contributed by atoms with Crippen LogP contribution in [0.3, 0.4) is 0 Å². The lowest BCUT2D eigenvalue weighted by molar-refractivity contribution is 0.341. The monoisotopic (exact) mass is 378 g/mol. The van der Waals surface area contributed by atoms with E-state index in [-0.39, 0.29) is 17.3 Å². The van der Waals surface area contributed by atoms with Gasteiger partial charge in [0.1, 0.15) is 11.5 Å². The Kier molecular flexibility index (Phi) is 4.78. The third kappa shape index (κ3) is 3.52. The van der Waals surface area contributed by atoms with E-state index in [4.69, 9.17) is 4.42 Å². The Hall–Kier alpha value is -2.03. The van der Waals surface area contributed by atoms with Crippen LogP contribution in [0.25, 0.3) is 0 Å². The van der Waals surface area contributed by atoms with Crippen LogP contribution in [0.2, 0.25) is 0 Å². The minimum atomic E-state index is -0.307. The molecule has 3 aliphatic rings. The molecule has 1 heterocycles. The second-order valence-corrected chi connectivity index (χ2v) is 9.20. The summed E-state index contributed by atoms with van der Waals surface area (Å²) in [5.74, 6) is 2.52. The number of rotatable bonds is 5. The first-order chi connectivity index (χ1) is 13.7. The Morgan fingerprint density at radius 2 is 1.79 bits per heavy atom. The molecule has 1 N–H and O–H groups in total. The smallest absolute Gasteiger partial charge is 0.343 e. The topological polar surface area (TPSA) is 50.4 Å². The van der Waals surface area contributed by atoms with Crippen molar-refractivity contribution in [2.24, 2.45) is 11.8 Å². The van der Waals surface area contributed by atoms with Gasteiger partial charge in [-0.3, -0.25) is 0 Å². The van der Waals surface area contributed by atoms with Gasteiger partial charge in [-0.25, -0.2) is 4.79 Å². The van der Waals surface area contributed by atoms with Gasteiger partial charge in [0.2, 0.25) is 0 Å². The van der Waals surface area contributed by atoms with Crippen LogP contribution >= 0.6 is 0 Å². The number of hydrogen-bond acceptors (Lipinski definition) is 3. The molecule has 0 amide bonds. The highest BCUT2D eigenvalue weighted by Crippen LogP contribution is 2.50. The van der Waals surface area contributed by atoms with Crippen molar-refractivity contribution in [3.63, 3.8) is 0 Å². The molecular weight excluding hydrogens is 348 g/mol. The molecule has 28 heavy (non-hydrogen) atoms. The number of fused-ring (bicyclic) bond motifs is 1. The van der Waals surface area contributed by atoms with Crippen LogP contribution in [0.1, 0.15) is 92.1 Å². The normalized spacial score (nSPS) is 23.5. The summed E-state index contributed by atoms with van der Waals surface area (Å²) in [6, 6.07) is 10.2. The average molecular weight is 379 g/mol. The van der Waals surface area contributed by atoms with Gasteiger partial charge in [0.25, 0.3) is 0 Å². The number of aromatic hydroxyl groups is 1. The summed E-state index contributed by atoms with van der Waals surface area (Å²) in [4.78, 5) is 13.2. The third-order valence-corrected chi connectivity index (χ3v) is 6.99. The zero-order valence-electron chi connectivity index (χ0n) is 16.5. The van der Waals surface area contributed by atoms with E-state index < -0.39 is 0 Å². The van der Waals surface area contributed by atoms with Crippen LogP contribution in [0.4, 0.5) is 0 Å². The van der Waals surface area contributed by atoms with E-state index in [1.54, 1.807) is 0 Å². The van der Waals surface area contributed by atoms with Gasteiger partial charge in [-0.2, -0.15) is 0 Å². The summed E-state index contributed by atoms with van der Waals surface area (Å²) in [5, 5.41) is 11.3. The van der Waals surface area contributed by atoms with Crippen LogP contribution in [-0.2, 0) is 6.42 Å². The molecule has 0 saturated heterocycles. The van der Waals surface area contributed by atoms with Crippen molar-refractivity contribution in [2.75, 3.05) is 0 Å². The molecule has 148 valence electrons. The molecule has 3 nitrogen and oxygen atoms in total. The van der Waals surface area contributed by atoms with Gasteiger partial charge in [0.05, 0.1) is 5.56 Å². The second kappa shape index (κ2) is 7.42. The van der Waals surface area contributed by atoms with Crippen LogP contribution in [0, 0.1) is 11.8 Å². The fourth-order valence-electron chi connectivity index (χ4n) is 5.18. The van der Waals surface area contributed by atoms with Crippen LogP contribution in [0.15, 0.2) is 39.5 Å². The number of benzene rings is 1. The number of hydrogen-bond donors (Lipinski definition) is 1. The fraction of sp³-hybridized carbons (Fsp3) is 0.560. The lowest BCUT2D eigenvalue weighted by atomic mass is 9.82. The van der Waals surface area contributed by atoms with Crippen molar-refractivity contribution in [2.45, 2.75) is 76.0 Å². The molecule has 5 rings (SSSR count). The highest BCUT2D eigenvalue weighted by atomic mass is 16.4. The Bertz CT molecular complexity index is 890. The maximum Gasteiger partial charge on any atom is 0.343 e. The van der Waals surface area contributed by atoms with E-state index in [1.807, 2.05) is 18.2 Å². The molecule has 1 aromatic heterocycles. The Labute approximate surface area is 166 Å². The maximum atomic E-state index is 13.2. The Morgan fingerprint density at radius 3 is 2.50 bits per heavy atom. The molecule has 2 aromatic rings. The minimum absolute atomic E-state index is 0.0462. The van der Waals surface area contributed by atoms with E-state index in [0.717, 1.165) is 61.3 Å². The SMILES string of the molecule is O=c1oc2c(c(O)c1C(c1ccccc1)C1CC1)CCCCCC2CC1CC1. The molecule has 2 saturated carbocycles. The standard InChI is InChI=1S/C25H30O3/c26-23-20-10-6-2-5-9-19(15-16-11-12-16)24(20)28-25(27)22(23)21(18-13-14-18)17-7-3-1-4-8-17/h1,3-4,7-8,16,18-19,21,26H,2,5-6,9-15H2. The van der Waals surface area contributed by atoms with E-state index >= 15 is 0 Å². The van der Waals surface area contributed by atoms with Crippen molar-refractivity contribution in [3.8, 4) is 5.75 Å². The van der Waals surface area contributed by atoms with Crippen molar-refractivity contribution < 1.29 is 9.52 Å². The predicted octanol–water partition coefficient (Wildman–Crippen LogP) is 5.89. The van der Waals surface area contributed by atoms with Gasteiger partial charge < -0.3 is 9.52 Å². The van der Waals surface area contributed by atoms with Crippen molar-refractivity contribution >= 4 is 0 Å². The first-order valence-corrected chi connectivity index (χ1v) is 11.2. The van der Waals surface area contributed by atoms with E-state index in [0.29, 0.717) is 17.4 Å². The average Bonchev–Trinajstić information content (AvgIpc) is 3.59. The quantitative estimate of drug-likeness (QED) is 0.706. The molecule has 2 atom stereocenters. The summed E-state index contributed by atoms with van der Waals surface area (Å²) < 4.78 is 6.05. The van der Waals surface area contributed by atoms with E-state index in [9.17, 15) is 9.90 Å². The molecule has 0 bridgehead atoms. The molecular formula is C25H30O3. The summed E-state index contributed by atoms with van der Waals surface area (Å²) in [5.41, 5.74) is 2.26.